The van der Waals surface area contributed by atoms with Gasteiger partial charge in [-0.3, -0.25) is 14.4 Å². The molecule has 1 aromatic carbocycles. The number of Topliss-reactive ketones (excluding diaryl/α,β-unsaturated/α-hetero) is 1. The Morgan fingerprint density at radius 1 is 1.15 bits per heavy atom. The molecule has 4 N–H and O–H groups in total. The van der Waals surface area contributed by atoms with Crippen LogP contribution in [0.15, 0.2) is 30.3 Å². The summed E-state index contributed by atoms with van der Waals surface area (Å²) in [6, 6.07) is 7.94. The fraction of sp³-hybridized carbons (Fsp3) is 0.500. The molecule has 7 nitrogen and oxygen atoms in total. The zero-order valence-corrected chi connectivity index (χ0v) is 20.0. The fourth-order valence-electron chi connectivity index (χ4n) is 4.56. The average Bonchev–Trinajstić information content (AvgIpc) is 3.10. The third kappa shape index (κ3) is 5.71. The van der Waals surface area contributed by atoms with E-state index in [1.165, 1.54) is 0 Å². The number of hydrogen-bond donors (Lipinski definition) is 4. The monoisotopic (exact) mass is 453 g/mol. The lowest BCUT2D eigenvalue weighted by Gasteiger charge is -2.28. The number of nitrogens with one attached hydrogen (secondary N) is 3. The maximum Gasteiger partial charge on any atom is 0.268 e. The molecule has 0 saturated carbocycles. The Morgan fingerprint density at radius 2 is 1.85 bits per heavy atom. The summed E-state index contributed by atoms with van der Waals surface area (Å²) in [5.74, 6) is -0.696. The van der Waals surface area contributed by atoms with Crippen molar-refractivity contribution < 1.29 is 19.5 Å². The summed E-state index contributed by atoms with van der Waals surface area (Å²) in [5.41, 5.74) is 3.01. The van der Waals surface area contributed by atoms with E-state index < -0.39 is 18.0 Å². The van der Waals surface area contributed by atoms with E-state index in [1.807, 2.05) is 51.1 Å². The van der Waals surface area contributed by atoms with Gasteiger partial charge in [0.15, 0.2) is 5.78 Å². The van der Waals surface area contributed by atoms with Crippen molar-refractivity contribution in [3.05, 3.63) is 58.4 Å². The van der Waals surface area contributed by atoms with Crippen LogP contribution in [0.25, 0.3) is 0 Å². The van der Waals surface area contributed by atoms with Gasteiger partial charge in [0.25, 0.3) is 5.91 Å². The average molecular weight is 454 g/mol. The van der Waals surface area contributed by atoms with Gasteiger partial charge in [-0.05, 0) is 36.3 Å². The summed E-state index contributed by atoms with van der Waals surface area (Å²) in [7, 11) is 0. The molecule has 2 aromatic rings. The Labute approximate surface area is 195 Å². The summed E-state index contributed by atoms with van der Waals surface area (Å²) in [6.07, 6.45) is 3.26. The predicted molar refractivity (Wildman–Crippen MR) is 127 cm³/mol. The van der Waals surface area contributed by atoms with E-state index in [0.717, 1.165) is 24.1 Å². The first-order valence-electron chi connectivity index (χ1n) is 11.7. The van der Waals surface area contributed by atoms with Crippen molar-refractivity contribution in [1.82, 2.24) is 15.6 Å². The largest absolute Gasteiger partial charge is 0.394 e. The molecule has 1 aromatic heterocycles. The second-order valence-electron chi connectivity index (χ2n) is 9.74. The van der Waals surface area contributed by atoms with E-state index in [4.69, 9.17) is 0 Å². The van der Waals surface area contributed by atoms with Gasteiger partial charge in [-0.15, -0.1) is 0 Å². The van der Waals surface area contributed by atoms with Crippen LogP contribution >= 0.6 is 0 Å². The number of H-pyrrole nitrogens is 1. The zero-order valence-electron chi connectivity index (χ0n) is 20.0. The minimum absolute atomic E-state index is 0.0444. The Kier molecular flexibility index (Phi) is 7.74. The second kappa shape index (κ2) is 10.3. The topological polar surface area (TPSA) is 111 Å². The van der Waals surface area contributed by atoms with Crippen molar-refractivity contribution in [1.29, 1.82) is 0 Å². The molecule has 0 saturated heterocycles. The summed E-state index contributed by atoms with van der Waals surface area (Å²) in [4.78, 5) is 42.1. The Balaban J connectivity index is 1.78. The highest BCUT2D eigenvalue weighted by molar-refractivity contribution is 6.05. The molecule has 0 aliphatic heterocycles. The van der Waals surface area contributed by atoms with Gasteiger partial charge >= 0.3 is 0 Å². The molecule has 1 aliphatic rings. The molecule has 2 atom stereocenters. The first kappa shape index (κ1) is 24.7. The molecule has 0 bridgehead atoms. The van der Waals surface area contributed by atoms with Crippen molar-refractivity contribution in [2.24, 2.45) is 5.41 Å². The number of unbranched alkanes of at least 4 members (excludes halogenated alkanes) is 1. The molecule has 1 heterocycles. The highest BCUT2D eigenvalue weighted by atomic mass is 16.3. The maximum absolute atomic E-state index is 13.2. The van der Waals surface area contributed by atoms with Gasteiger partial charge in [-0.1, -0.05) is 63.9 Å². The Hall–Kier alpha value is -2.93. The minimum Gasteiger partial charge on any atom is -0.394 e. The molecule has 7 heteroatoms. The van der Waals surface area contributed by atoms with E-state index in [1.54, 1.807) is 6.92 Å². The standard InChI is InChI=1S/C26H35N3O4/c1-5-6-12-18(24(32)29-20(15-30)17-10-8-7-9-11-17)28-25(33)23-16(2)22-19(27-23)13-26(3,4)14-21(22)31/h7-11,18,20,27,30H,5-6,12-15H2,1-4H3,(H,28,33)(H,29,32). The number of fused-ring (bicyclic) bond motifs is 1. The van der Waals surface area contributed by atoms with Gasteiger partial charge in [0.1, 0.15) is 11.7 Å². The lowest BCUT2D eigenvalue weighted by atomic mass is 9.75. The lowest BCUT2D eigenvalue weighted by molar-refractivity contribution is -0.124. The lowest BCUT2D eigenvalue weighted by Crippen LogP contribution is -2.48. The first-order chi connectivity index (χ1) is 15.7. The molecule has 33 heavy (non-hydrogen) atoms. The third-order valence-corrected chi connectivity index (χ3v) is 6.30. The quantitative estimate of drug-likeness (QED) is 0.465. The number of rotatable bonds is 9. The molecule has 0 radical (unpaired) electrons. The number of amides is 2. The highest BCUT2D eigenvalue weighted by Gasteiger charge is 2.35. The number of aromatic amines is 1. The summed E-state index contributed by atoms with van der Waals surface area (Å²) in [5, 5.41) is 15.5. The highest BCUT2D eigenvalue weighted by Crippen LogP contribution is 2.36. The van der Waals surface area contributed by atoms with Crippen molar-refractivity contribution in [2.75, 3.05) is 6.61 Å². The molecule has 1 aliphatic carbocycles. The van der Waals surface area contributed by atoms with E-state index in [-0.39, 0.29) is 23.7 Å². The van der Waals surface area contributed by atoms with Gasteiger partial charge in [-0.25, -0.2) is 0 Å². The zero-order chi connectivity index (χ0) is 24.2. The van der Waals surface area contributed by atoms with Crippen LogP contribution < -0.4 is 10.6 Å². The van der Waals surface area contributed by atoms with E-state index >= 15 is 0 Å². The van der Waals surface area contributed by atoms with Crippen LogP contribution in [0.2, 0.25) is 0 Å². The number of aromatic nitrogens is 1. The van der Waals surface area contributed by atoms with Crippen molar-refractivity contribution >= 4 is 17.6 Å². The SMILES string of the molecule is CCCCC(NC(=O)c1[nH]c2c(c1C)C(=O)CC(C)(C)C2)C(=O)NC(CO)c1ccccc1. The Bertz CT molecular complexity index is 1010. The third-order valence-electron chi connectivity index (χ3n) is 6.30. The number of hydrogen-bond acceptors (Lipinski definition) is 4. The van der Waals surface area contributed by atoms with Crippen LogP contribution in [0, 0.1) is 12.3 Å². The van der Waals surface area contributed by atoms with Gasteiger partial charge < -0.3 is 20.7 Å². The first-order valence-corrected chi connectivity index (χ1v) is 11.7. The summed E-state index contributed by atoms with van der Waals surface area (Å²) < 4.78 is 0. The van der Waals surface area contributed by atoms with Crippen LogP contribution in [0.3, 0.4) is 0 Å². The van der Waals surface area contributed by atoms with E-state index in [2.05, 4.69) is 15.6 Å². The number of carbonyl (C=O) groups excluding carboxylic acids is 3. The molecule has 0 fully saturated rings. The summed E-state index contributed by atoms with van der Waals surface area (Å²) in [6.45, 7) is 7.63. The van der Waals surface area contributed by atoms with Crippen LogP contribution in [0.4, 0.5) is 0 Å². The second-order valence-corrected chi connectivity index (χ2v) is 9.74. The molecular weight excluding hydrogens is 418 g/mol. The van der Waals surface area contributed by atoms with E-state index in [0.29, 0.717) is 36.1 Å². The number of ketones is 1. The number of aliphatic hydroxyl groups excluding tert-OH is 1. The molecule has 178 valence electrons. The number of benzene rings is 1. The van der Waals surface area contributed by atoms with Crippen molar-refractivity contribution in [3.63, 3.8) is 0 Å². The normalized spacial score (nSPS) is 16.6. The maximum atomic E-state index is 13.2. The van der Waals surface area contributed by atoms with Crippen molar-refractivity contribution in [3.8, 4) is 0 Å². The van der Waals surface area contributed by atoms with E-state index in [9.17, 15) is 19.5 Å². The van der Waals surface area contributed by atoms with Crippen LogP contribution in [-0.4, -0.2) is 40.3 Å². The number of aliphatic hydroxyl groups is 1. The van der Waals surface area contributed by atoms with Crippen LogP contribution in [0.1, 0.15) is 90.2 Å². The van der Waals surface area contributed by atoms with Crippen LogP contribution in [-0.2, 0) is 11.2 Å². The summed E-state index contributed by atoms with van der Waals surface area (Å²) >= 11 is 0. The fourth-order valence-corrected chi connectivity index (χ4v) is 4.56. The molecule has 2 amide bonds. The molecule has 2 unspecified atom stereocenters. The number of carbonyl (C=O) groups is 3. The Morgan fingerprint density at radius 3 is 2.48 bits per heavy atom. The van der Waals surface area contributed by atoms with Crippen molar-refractivity contribution in [2.45, 2.75) is 71.9 Å². The smallest absolute Gasteiger partial charge is 0.268 e. The molecular formula is C26H35N3O4. The minimum atomic E-state index is -0.748. The van der Waals surface area contributed by atoms with Gasteiger partial charge in [0.2, 0.25) is 5.91 Å². The molecule has 0 spiro atoms. The predicted octanol–water partition coefficient (Wildman–Crippen LogP) is 3.62. The van der Waals surface area contributed by atoms with Gasteiger partial charge in [0, 0.05) is 17.7 Å². The van der Waals surface area contributed by atoms with Gasteiger partial charge in [0.05, 0.1) is 12.6 Å². The van der Waals surface area contributed by atoms with Crippen LogP contribution in [0.5, 0.6) is 0 Å². The van der Waals surface area contributed by atoms with Gasteiger partial charge in [-0.2, -0.15) is 0 Å². The molecule has 3 rings (SSSR count).